The summed E-state index contributed by atoms with van der Waals surface area (Å²) in [6.45, 7) is 0. The number of hydrogen-bond donors (Lipinski definition) is 2. The average molecular weight is 511 g/mol. The molecule has 142 valence electrons. The molecule has 1 aliphatic rings. The minimum Gasteiger partial charge on any atom is -0.506 e. The fourth-order valence-corrected chi connectivity index (χ4v) is 3.67. The van der Waals surface area contributed by atoms with Crippen molar-refractivity contribution in [3.63, 3.8) is 0 Å². The van der Waals surface area contributed by atoms with Crippen molar-refractivity contribution in [3.05, 3.63) is 66.6 Å². The van der Waals surface area contributed by atoms with Crippen LogP contribution in [0.15, 0.2) is 50.9 Å². The zero-order chi connectivity index (χ0) is 20.6. The second-order valence-electron chi connectivity index (χ2n) is 5.56. The third-order valence-corrected chi connectivity index (χ3v) is 4.98. The topological polar surface area (TPSA) is 130 Å². The number of non-ortho nitro benzene ring substituents is 1. The van der Waals surface area contributed by atoms with Gasteiger partial charge in [-0.15, -0.1) is 0 Å². The van der Waals surface area contributed by atoms with Gasteiger partial charge in [0.05, 0.1) is 19.6 Å². The fraction of sp³-hybridized carbons (Fsp3) is 0. The average Bonchev–Trinajstić information content (AvgIpc) is 2.63. The molecule has 0 unspecified atom stereocenters. The van der Waals surface area contributed by atoms with E-state index in [9.17, 15) is 29.6 Å². The molecule has 1 fully saturated rings. The summed E-state index contributed by atoms with van der Waals surface area (Å²) >= 11 is 6.31. The standard InChI is InChI=1S/C17H9Br2N3O6/c18-12-6-8(7-13(19)14(12)23)5-11-15(24)20-17(26)21(16(11)25)9-1-3-10(4-2-9)22(27)28/h1-7,23H,(H,20,24,26)/b11-5+. The van der Waals surface area contributed by atoms with Crippen LogP contribution in [0.1, 0.15) is 5.56 Å². The zero-order valence-electron chi connectivity index (χ0n) is 13.7. The van der Waals surface area contributed by atoms with Crippen LogP contribution in [0.3, 0.4) is 0 Å². The van der Waals surface area contributed by atoms with Crippen LogP contribution in [-0.4, -0.2) is 27.9 Å². The van der Waals surface area contributed by atoms with Crippen LogP contribution < -0.4 is 10.2 Å². The van der Waals surface area contributed by atoms with Gasteiger partial charge >= 0.3 is 6.03 Å². The predicted octanol–water partition coefficient (Wildman–Crippen LogP) is 3.49. The van der Waals surface area contributed by atoms with Gasteiger partial charge < -0.3 is 5.11 Å². The molecule has 2 aromatic carbocycles. The number of phenols is 1. The van der Waals surface area contributed by atoms with E-state index in [2.05, 4.69) is 37.2 Å². The van der Waals surface area contributed by atoms with Crippen molar-refractivity contribution in [3.8, 4) is 5.75 Å². The Labute approximate surface area is 174 Å². The van der Waals surface area contributed by atoms with E-state index in [1.165, 1.54) is 30.3 Å². The van der Waals surface area contributed by atoms with E-state index in [-0.39, 0.29) is 22.7 Å². The quantitative estimate of drug-likeness (QED) is 0.281. The molecular weight excluding hydrogens is 502 g/mol. The number of carbonyl (C=O) groups is 3. The Morgan fingerprint density at radius 1 is 1.07 bits per heavy atom. The monoisotopic (exact) mass is 509 g/mol. The number of carbonyl (C=O) groups excluding carboxylic acids is 3. The molecule has 1 saturated heterocycles. The molecule has 0 radical (unpaired) electrons. The number of barbiturate groups is 1. The van der Waals surface area contributed by atoms with E-state index in [1.54, 1.807) is 0 Å². The Balaban J connectivity index is 2.01. The largest absolute Gasteiger partial charge is 0.506 e. The number of hydrogen-bond acceptors (Lipinski definition) is 6. The van der Waals surface area contributed by atoms with Crippen molar-refractivity contribution in [2.24, 2.45) is 0 Å². The van der Waals surface area contributed by atoms with Crippen molar-refractivity contribution in [2.75, 3.05) is 4.90 Å². The Morgan fingerprint density at radius 2 is 1.64 bits per heavy atom. The Kier molecular flexibility index (Phi) is 5.29. The molecular formula is C17H9Br2N3O6. The second-order valence-corrected chi connectivity index (χ2v) is 7.27. The third kappa shape index (κ3) is 3.66. The highest BCUT2D eigenvalue weighted by molar-refractivity contribution is 9.11. The molecule has 0 bridgehead atoms. The number of phenolic OH excluding ortho intramolecular Hbond substituents is 1. The molecule has 0 saturated carbocycles. The molecule has 0 aromatic heterocycles. The number of imide groups is 2. The lowest BCUT2D eigenvalue weighted by atomic mass is 10.1. The van der Waals surface area contributed by atoms with Crippen LogP contribution >= 0.6 is 31.9 Å². The lowest BCUT2D eigenvalue weighted by Crippen LogP contribution is -2.54. The number of aromatic hydroxyl groups is 1. The third-order valence-electron chi connectivity index (χ3n) is 3.77. The summed E-state index contributed by atoms with van der Waals surface area (Å²) in [5, 5.41) is 22.6. The number of amides is 4. The molecule has 9 nitrogen and oxygen atoms in total. The van der Waals surface area contributed by atoms with Gasteiger partial charge in [0.25, 0.3) is 17.5 Å². The van der Waals surface area contributed by atoms with Crippen LogP contribution in [0, 0.1) is 10.1 Å². The number of anilines is 1. The van der Waals surface area contributed by atoms with Gasteiger partial charge in [0.2, 0.25) is 0 Å². The second kappa shape index (κ2) is 7.52. The molecule has 11 heteroatoms. The molecule has 3 rings (SSSR count). The fourth-order valence-electron chi connectivity index (χ4n) is 2.45. The highest BCUT2D eigenvalue weighted by Gasteiger charge is 2.37. The summed E-state index contributed by atoms with van der Waals surface area (Å²) in [6, 6.07) is 6.76. The maximum absolute atomic E-state index is 12.8. The normalized spacial score (nSPS) is 15.7. The smallest absolute Gasteiger partial charge is 0.335 e. The van der Waals surface area contributed by atoms with E-state index in [1.807, 2.05) is 0 Å². The number of nitrogens with zero attached hydrogens (tertiary/aromatic N) is 2. The van der Waals surface area contributed by atoms with Gasteiger partial charge in [-0.3, -0.25) is 25.0 Å². The summed E-state index contributed by atoms with van der Waals surface area (Å²) in [6.07, 6.45) is 1.26. The number of rotatable bonds is 3. The van der Waals surface area contributed by atoms with E-state index < -0.39 is 22.8 Å². The van der Waals surface area contributed by atoms with E-state index in [4.69, 9.17) is 0 Å². The summed E-state index contributed by atoms with van der Waals surface area (Å²) in [5.41, 5.74) is -0.0469. The molecule has 2 aromatic rings. The summed E-state index contributed by atoms with van der Waals surface area (Å²) in [7, 11) is 0. The molecule has 0 atom stereocenters. The van der Waals surface area contributed by atoms with Gasteiger partial charge in [0.1, 0.15) is 11.3 Å². The number of halogens is 2. The predicted molar refractivity (Wildman–Crippen MR) is 106 cm³/mol. The van der Waals surface area contributed by atoms with Crippen molar-refractivity contribution in [2.45, 2.75) is 0 Å². The Bertz CT molecular complexity index is 1040. The molecule has 2 N–H and O–H groups in total. The van der Waals surface area contributed by atoms with Gasteiger partial charge in [0.15, 0.2) is 0 Å². The minimum absolute atomic E-state index is 0.0516. The number of nitrogens with one attached hydrogen (secondary N) is 1. The molecule has 28 heavy (non-hydrogen) atoms. The molecule has 0 spiro atoms. The van der Waals surface area contributed by atoms with Crippen LogP contribution in [0.4, 0.5) is 16.2 Å². The number of urea groups is 1. The highest BCUT2D eigenvalue weighted by atomic mass is 79.9. The lowest BCUT2D eigenvalue weighted by molar-refractivity contribution is -0.384. The van der Waals surface area contributed by atoms with Gasteiger partial charge in [-0.2, -0.15) is 0 Å². The number of nitro benzene ring substituents is 1. The summed E-state index contributed by atoms with van der Waals surface area (Å²) in [5.74, 6) is -1.82. The van der Waals surface area contributed by atoms with Crippen molar-refractivity contribution < 1.29 is 24.4 Å². The van der Waals surface area contributed by atoms with E-state index in [0.717, 1.165) is 12.1 Å². The van der Waals surface area contributed by atoms with Gasteiger partial charge in [-0.25, -0.2) is 9.69 Å². The van der Waals surface area contributed by atoms with Crippen LogP contribution in [0.25, 0.3) is 6.08 Å². The maximum Gasteiger partial charge on any atom is 0.335 e. The van der Waals surface area contributed by atoms with Gasteiger partial charge in [0, 0.05) is 12.1 Å². The molecule has 4 amide bonds. The van der Waals surface area contributed by atoms with E-state index >= 15 is 0 Å². The first-order chi connectivity index (χ1) is 13.2. The van der Waals surface area contributed by atoms with Crippen molar-refractivity contribution in [1.82, 2.24) is 5.32 Å². The molecule has 0 aliphatic carbocycles. The molecule has 1 aliphatic heterocycles. The first kappa shape index (κ1) is 19.7. The Morgan fingerprint density at radius 3 is 2.18 bits per heavy atom. The van der Waals surface area contributed by atoms with Crippen molar-refractivity contribution >= 4 is 67.2 Å². The summed E-state index contributed by atoms with van der Waals surface area (Å²) < 4.78 is 0.668. The lowest BCUT2D eigenvalue weighted by Gasteiger charge is -2.26. The summed E-state index contributed by atoms with van der Waals surface area (Å²) in [4.78, 5) is 47.9. The molecule has 1 heterocycles. The minimum atomic E-state index is -0.964. The Hall–Kier alpha value is -3.05. The maximum atomic E-state index is 12.8. The number of benzene rings is 2. The van der Waals surface area contributed by atoms with E-state index in [0.29, 0.717) is 19.4 Å². The first-order valence-electron chi connectivity index (χ1n) is 7.53. The van der Waals surface area contributed by atoms with Crippen LogP contribution in [-0.2, 0) is 9.59 Å². The van der Waals surface area contributed by atoms with Gasteiger partial charge in [-0.1, -0.05) is 0 Å². The van der Waals surface area contributed by atoms with Crippen LogP contribution in [0.5, 0.6) is 5.75 Å². The number of nitro groups is 1. The first-order valence-corrected chi connectivity index (χ1v) is 9.11. The van der Waals surface area contributed by atoms with Crippen molar-refractivity contribution in [1.29, 1.82) is 0 Å². The van der Waals surface area contributed by atoms with Gasteiger partial charge in [-0.05, 0) is 67.8 Å². The highest BCUT2D eigenvalue weighted by Crippen LogP contribution is 2.34. The zero-order valence-corrected chi connectivity index (χ0v) is 16.9. The van der Waals surface area contributed by atoms with Crippen LogP contribution in [0.2, 0.25) is 0 Å². The SMILES string of the molecule is O=C1NC(=O)N(c2ccc([N+](=O)[O-])cc2)C(=O)/C1=C/c1cc(Br)c(O)c(Br)c1.